The molecule has 0 aromatic heterocycles. The first-order valence-corrected chi connectivity index (χ1v) is 8.11. The summed E-state index contributed by atoms with van der Waals surface area (Å²) in [6.07, 6.45) is 5.38. The monoisotopic (exact) mass is 272 g/mol. The Morgan fingerprint density at radius 2 is 1.65 bits per heavy atom. The van der Waals surface area contributed by atoms with E-state index in [1.165, 1.54) is 25.7 Å². The van der Waals surface area contributed by atoms with Crippen LogP contribution in [0.1, 0.15) is 30.9 Å². The minimum atomic E-state index is 0.611. The Labute approximate surface area is 123 Å². The Bertz CT molecular complexity index is 421. The van der Waals surface area contributed by atoms with Crippen molar-refractivity contribution in [2.75, 3.05) is 20.6 Å². The van der Waals surface area contributed by atoms with Gasteiger partial charge >= 0.3 is 0 Å². The summed E-state index contributed by atoms with van der Waals surface area (Å²) in [7, 11) is 4.34. The predicted molar refractivity (Wildman–Crippen MR) is 85.0 cm³/mol. The quantitative estimate of drug-likeness (QED) is 0.906. The molecule has 0 spiro atoms. The van der Waals surface area contributed by atoms with E-state index in [1.54, 1.807) is 11.1 Å². The number of nitrogens with zero attached hydrogens (tertiary/aromatic N) is 1. The maximum atomic E-state index is 3.90. The molecule has 0 saturated heterocycles. The van der Waals surface area contributed by atoms with Crippen molar-refractivity contribution in [3.8, 4) is 0 Å². The number of likely N-dealkylation sites (N-methyl/N-ethyl adjacent to an activating group) is 1. The van der Waals surface area contributed by atoms with Crippen molar-refractivity contribution in [3.63, 3.8) is 0 Å². The molecule has 3 rings (SSSR count). The molecular weight excluding hydrogens is 244 g/mol. The molecule has 1 N–H and O–H groups in total. The van der Waals surface area contributed by atoms with Crippen LogP contribution in [0.2, 0.25) is 0 Å². The van der Waals surface area contributed by atoms with Crippen LogP contribution in [-0.4, -0.2) is 37.6 Å². The van der Waals surface area contributed by atoms with Gasteiger partial charge in [-0.05, 0) is 69.7 Å². The summed E-state index contributed by atoms with van der Waals surface area (Å²) in [6.45, 7) is 3.42. The molecule has 20 heavy (non-hydrogen) atoms. The first kappa shape index (κ1) is 14.1. The van der Waals surface area contributed by atoms with E-state index in [0.29, 0.717) is 6.04 Å². The topological polar surface area (TPSA) is 15.3 Å². The summed E-state index contributed by atoms with van der Waals surface area (Å²) >= 11 is 0. The van der Waals surface area contributed by atoms with Crippen molar-refractivity contribution in [3.05, 3.63) is 35.4 Å². The van der Waals surface area contributed by atoms with Gasteiger partial charge in [0.1, 0.15) is 0 Å². The lowest BCUT2D eigenvalue weighted by Gasteiger charge is -2.28. The van der Waals surface area contributed by atoms with Gasteiger partial charge in [0, 0.05) is 18.6 Å². The van der Waals surface area contributed by atoms with Gasteiger partial charge in [-0.2, -0.15) is 0 Å². The van der Waals surface area contributed by atoms with E-state index in [0.717, 1.165) is 24.4 Å². The zero-order valence-corrected chi connectivity index (χ0v) is 13.1. The average Bonchev–Trinajstić information content (AvgIpc) is 2.70. The Kier molecular flexibility index (Phi) is 4.13. The standard InChI is InChI=1S/C18H28N2/c1-13(20(2)3)12-19-18-16-8-9-17(18)11-15-7-5-4-6-14(15)10-16/h4-7,13,16-19H,8-12H2,1-3H3. The molecule has 1 fully saturated rings. The normalized spacial score (nSPS) is 30.1. The van der Waals surface area contributed by atoms with E-state index in [1.807, 2.05) is 0 Å². The Hall–Kier alpha value is -0.860. The van der Waals surface area contributed by atoms with Crippen LogP contribution in [0.4, 0.5) is 0 Å². The molecule has 1 aromatic rings. The summed E-state index contributed by atoms with van der Waals surface area (Å²) in [5.74, 6) is 1.69. The molecule has 1 saturated carbocycles. The molecule has 1 aromatic carbocycles. The van der Waals surface area contributed by atoms with Gasteiger partial charge in [-0.25, -0.2) is 0 Å². The highest BCUT2D eigenvalue weighted by atomic mass is 15.1. The van der Waals surface area contributed by atoms with Gasteiger partial charge in [0.2, 0.25) is 0 Å². The lowest BCUT2D eigenvalue weighted by Crippen LogP contribution is -2.44. The van der Waals surface area contributed by atoms with E-state index in [4.69, 9.17) is 0 Å². The van der Waals surface area contributed by atoms with Crippen molar-refractivity contribution in [2.45, 2.75) is 44.7 Å². The largest absolute Gasteiger partial charge is 0.312 e. The molecule has 3 atom stereocenters. The molecule has 0 heterocycles. The van der Waals surface area contributed by atoms with Crippen LogP contribution in [0.15, 0.2) is 24.3 Å². The number of benzene rings is 1. The first-order valence-electron chi connectivity index (χ1n) is 8.11. The number of nitrogens with one attached hydrogen (secondary N) is 1. The molecule has 0 aliphatic heterocycles. The number of hydrogen-bond acceptors (Lipinski definition) is 2. The smallest absolute Gasteiger partial charge is 0.0186 e. The molecule has 3 unspecified atom stereocenters. The van der Waals surface area contributed by atoms with Gasteiger partial charge in [-0.15, -0.1) is 0 Å². The van der Waals surface area contributed by atoms with Crippen LogP contribution in [-0.2, 0) is 12.8 Å². The maximum absolute atomic E-state index is 3.90. The summed E-state index contributed by atoms with van der Waals surface area (Å²) < 4.78 is 0. The van der Waals surface area contributed by atoms with E-state index in [2.05, 4.69) is 55.5 Å². The van der Waals surface area contributed by atoms with Crippen molar-refractivity contribution in [1.29, 1.82) is 0 Å². The molecule has 2 heteroatoms. The van der Waals surface area contributed by atoms with E-state index in [-0.39, 0.29) is 0 Å². The van der Waals surface area contributed by atoms with Crippen LogP contribution in [0.5, 0.6) is 0 Å². The van der Waals surface area contributed by atoms with Crippen molar-refractivity contribution in [1.82, 2.24) is 10.2 Å². The summed E-state index contributed by atoms with van der Waals surface area (Å²) in [6, 6.07) is 10.4. The predicted octanol–water partition coefficient (Wildman–Crippen LogP) is 2.72. The zero-order chi connectivity index (χ0) is 14.1. The van der Waals surface area contributed by atoms with E-state index < -0.39 is 0 Å². The van der Waals surface area contributed by atoms with Gasteiger partial charge in [0.15, 0.2) is 0 Å². The Balaban J connectivity index is 1.69. The van der Waals surface area contributed by atoms with E-state index in [9.17, 15) is 0 Å². The minimum absolute atomic E-state index is 0.611. The first-order chi connectivity index (χ1) is 9.65. The van der Waals surface area contributed by atoms with Crippen molar-refractivity contribution < 1.29 is 0 Å². The molecule has 2 aliphatic rings. The third kappa shape index (κ3) is 2.77. The van der Waals surface area contributed by atoms with Crippen LogP contribution in [0.25, 0.3) is 0 Å². The third-order valence-electron chi connectivity index (χ3n) is 5.54. The fourth-order valence-corrected chi connectivity index (χ4v) is 3.97. The fraction of sp³-hybridized carbons (Fsp3) is 0.667. The number of rotatable bonds is 4. The zero-order valence-electron chi connectivity index (χ0n) is 13.1. The van der Waals surface area contributed by atoms with Crippen LogP contribution in [0, 0.1) is 11.8 Å². The van der Waals surface area contributed by atoms with Gasteiger partial charge in [-0.3, -0.25) is 0 Å². The lowest BCUT2D eigenvalue weighted by molar-refractivity contribution is 0.264. The van der Waals surface area contributed by atoms with Crippen LogP contribution >= 0.6 is 0 Å². The van der Waals surface area contributed by atoms with Gasteiger partial charge in [-0.1, -0.05) is 24.3 Å². The van der Waals surface area contributed by atoms with Crippen LogP contribution in [0.3, 0.4) is 0 Å². The lowest BCUT2D eigenvalue weighted by atomic mass is 9.94. The summed E-state index contributed by atoms with van der Waals surface area (Å²) in [4.78, 5) is 2.31. The van der Waals surface area contributed by atoms with Crippen molar-refractivity contribution in [2.24, 2.45) is 11.8 Å². The highest BCUT2D eigenvalue weighted by Gasteiger charge is 2.38. The molecule has 0 radical (unpaired) electrons. The second kappa shape index (κ2) is 5.87. The fourth-order valence-electron chi connectivity index (χ4n) is 3.97. The highest BCUT2D eigenvalue weighted by Crippen LogP contribution is 2.39. The summed E-state index contributed by atoms with van der Waals surface area (Å²) in [5, 5.41) is 3.90. The molecule has 2 bridgehead atoms. The average molecular weight is 272 g/mol. The van der Waals surface area contributed by atoms with Crippen molar-refractivity contribution >= 4 is 0 Å². The molecule has 0 amide bonds. The second-order valence-electron chi connectivity index (χ2n) is 7.02. The van der Waals surface area contributed by atoms with Crippen LogP contribution < -0.4 is 5.32 Å². The Morgan fingerprint density at radius 1 is 1.10 bits per heavy atom. The van der Waals surface area contributed by atoms with Gasteiger partial charge in [0.05, 0.1) is 0 Å². The SMILES string of the molecule is CC(CNC1C2CCC1Cc1ccccc1C2)N(C)C. The number of hydrogen-bond donors (Lipinski definition) is 1. The number of fused-ring (bicyclic) bond motifs is 3. The minimum Gasteiger partial charge on any atom is -0.312 e. The maximum Gasteiger partial charge on any atom is 0.0186 e. The molecule has 110 valence electrons. The van der Waals surface area contributed by atoms with Gasteiger partial charge < -0.3 is 10.2 Å². The molecular formula is C18H28N2. The molecule has 2 aliphatic carbocycles. The highest BCUT2D eigenvalue weighted by molar-refractivity contribution is 5.30. The van der Waals surface area contributed by atoms with E-state index >= 15 is 0 Å². The third-order valence-corrected chi connectivity index (χ3v) is 5.54. The summed E-state index contributed by atoms with van der Waals surface area (Å²) in [5.41, 5.74) is 3.21. The second-order valence-corrected chi connectivity index (χ2v) is 7.02. The Morgan fingerprint density at radius 3 is 2.15 bits per heavy atom. The van der Waals surface area contributed by atoms with Gasteiger partial charge in [0.25, 0.3) is 0 Å². The molecule has 2 nitrogen and oxygen atoms in total.